The lowest BCUT2D eigenvalue weighted by Gasteiger charge is -2.25. The highest BCUT2D eigenvalue weighted by Gasteiger charge is 2.33. The zero-order chi connectivity index (χ0) is 18.5. The number of benzene rings is 1. The molecule has 0 radical (unpaired) electrons. The fourth-order valence-electron chi connectivity index (χ4n) is 3.47. The van der Waals surface area contributed by atoms with Gasteiger partial charge in [-0.1, -0.05) is 36.7 Å². The van der Waals surface area contributed by atoms with Crippen LogP contribution in [0.25, 0.3) is 0 Å². The number of nitrogens with zero attached hydrogens (tertiary/aromatic N) is 1. The van der Waals surface area contributed by atoms with Crippen molar-refractivity contribution in [1.29, 1.82) is 0 Å². The molecule has 1 aliphatic carbocycles. The number of hydrogen-bond donors (Lipinski definition) is 1. The molecule has 1 aliphatic heterocycles. The van der Waals surface area contributed by atoms with Crippen molar-refractivity contribution < 1.29 is 18.8 Å². The number of amides is 2. The number of carbonyl (C=O) groups is 3. The Morgan fingerprint density at radius 1 is 1.19 bits per heavy atom. The van der Waals surface area contributed by atoms with Gasteiger partial charge in [-0.05, 0) is 30.5 Å². The molecule has 0 aromatic heterocycles. The van der Waals surface area contributed by atoms with E-state index >= 15 is 0 Å². The summed E-state index contributed by atoms with van der Waals surface area (Å²) in [6.45, 7) is 0.189. The second kappa shape index (κ2) is 8.66. The van der Waals surface area contributed by atoms with E-state index in [1.54, 1.807) is 12.1 Å². The Hall–Kier alpha value is -1.89. The van der Waals surface area contributed by atoms with Crippen LogP contribution in [0.2, 0.25) is 0 Å². The highest BCUT2D eigenvalue weighted by atomic mass is 32.2. The zero-order valence-corrected chi connectivity index (χ0v) is 15.4. The molecular weight excluding hydrogens is 355 g/mol. The number of carbonyl (C=O) groups excluding carboxylic acids is 3. The van der Waals surface area contributed by atoms with Crippen molar-refractivity contribution in [1.82, 2.24) is 10.2 Å². The maximum Gasteiger partial charge on any atom is 0.239 e. The molecule has 1 heterocycles. The van der Waals surface area contributed by atoms with Gasteiger partial charge in [0.05, 0.1) is 12.5 Å². The molecule has 1 atom stereocenters. The van der Waals surface area contributed by atoms with Crippen LogP contribution >= 0.6 is 11.8 Å². The molecule has 26 heavy (non-hydrogen) atoms. The van der Waals surface area contributed by atoms with Crippen LogP contribution in [0.1, 0.15) is 37.7 Å². The van der Waals surface area contributed by atoms with Gasteiger partial charge in [-0.25, -0.2) is 4.39 Å². The summed E-state index contributed by atoms with van der Waals surface area (Å²) in [4.78, 5) is 38.2. The largest absolute Gasteiger partial charge is 0.352 e. The van der Waals surface area contributed by atoms with Crippen LogP contribution in [0.3, 0.4) is 0 Å². The molecule has 1 saturated heterocycles. The average Bonchev–Trinajstić information content (AvgIpc) is 3.27. The van der Waals surface area contributed by atoms with Gasteiger partial charge in [0, 0.05) is 24.8 Å². The van der Waals surface area contributed by atoms with Gasteiger partial charge in [-0.2, -0.15) is 0 Å². The number of hydrogen-bond acceptors (Lipinski definition) is 4. The van der Waals surface area contributed by atoms with Crippen molar-refractivity contribution in [2.24, 2.45) is 5.92 Å². The Bertz CT molecular complexity index is 674. The summed E-state index contributed by atoms with van der Waals surface area (Å²) in [5.74, 6) is -0.629. The second-order valence-corrected chi connectivity index (χ2v) is 8.03. The van der Waals surface area contributed by atoms with Crippen molar-refractivity contribution in [3.05, 3.63) is 35.6 Å². The van der Waals surface area contributed by atoms with Gasteiger partial charge in [0.2, 0.25) is 11.8 Å². The quantitative estimate of drug-likeness (QED) is 0.826. The van der Waals surface area contributed by atoms with Crippen LogP contribution in [0.5, 0.6) is 0 Å². The summed E-state index contributed by atoms with van der Waals surface area (Å²) in [5, 5.41) is 3.01. The first kappa shape index (κ1) is 18.9. The standard InChI is InChI=1S/C19H23FN2O3S/c20-15-7-5-13(6-8-15)10-22(19(25)14-9-18(24)26-12-14)11-17(23)21-16-3-1-2-4-16/h5-8,14,16H,1-4,9-12H2,(H,21,23)/t14-/m1/s1. The normalized spacial score (nSPS) is 20.3. The van der Waals surface area contributed by atoms with Crippen molar-refractivity contribution >= 4 is 28.7 Å². The van der Waals surface area contributed by atoms with Crippen LogP contribution in [-0.2, 0) is 20.9 Å². The Kier molecular flexibility index (Phi) is 6.29. The Morgan fingerprint density at radius 2 is 1.88 bits per heavy atom. The van der Waals surface area contributed by atoms with Gasteiger partial charge in [0.15, 0.2) is 5.12 Å². The Balaban J connectivity index is 1.67. The van der Waals surface area contributed by atoms with E-state index in [0.717, 1.165) is 31.2 Å². The highest BCUT2D eigenvalue weighted by Crippen LogP contribution is 2.27. The molecule has 140 valence electrons. The van der Waals surface area contributed by atoms with Gasteiger partial charge in [-0.3, -0.25) is 14.4 Å². The summed E-state index contributed by atoms with van der Waals surface area (Å²) in [6.07, 6.45) is 4.40. The average molecular weight is 378 g/mol. The third kappa shape index (κ3) is 5.06. The van der Waals surface area contributed by atoms with E-state index in [2.05, 4.69) is 5.32 Å². The third-order valence-electron chi connectivity index (χ3n) is 4.86. The summed E-state index contributed by atoms with van der Waals surface area (Å²) in [7, 11) is 0. The molecule has 1 aromatic carbocycles. The molecule has 1 saturated carbocycles. The van der Waals surface area contributed by atoms with Crippen LogP contribution in [0, 0.1) is 11.7 Å². The first-order valence-electron chi connectivity index (χ1n) is 8.99. The molecule has 2 amide bonds. The van der Waals surface area contributed by atoms with Gasteiger partial charge >= 0.3 is 0 Å². The minimum Gasteiger partial charge on any atom is -0.352 e. The van der Waals surface area contributed by atoms with Crippen molar-refractivity contribution in [3.8, 4) is 0 Å². The fraction of sp³-hybridized carbons (Fsp3) is 0.526. The monoisotopic (exact) mass is 378 g/mol. The van der Waals surface area contributed by atoms with E-state index < -0.39 is 0 Å². The van der Waals surface area contributed by atoms with Crippen molar-refractivity contribution in [2.45, 2.75) is 44.7 Å². The van der Waals surface area contributed by atoms with Crippen molar-refractivity contribution in [3.63, 3.8) is 0 Å². The molecule has 2 aliphatic rings. The molecule has 7 heteroatoms. The third-order valence-corrected chi connectivity index (χ3v) is 5.92. The fourth-order valence-corrected chi connectivity index (χ4v) is 4.43. The molecule has 0 spiro atoms. The molecule has 0 unspecified atom stereocenters. The lowest BCUT2D eigenvalue weighted by atomic mass is 10.1. The second-order valence-electron chi connectivity index (χ2n) is 6.95. The van der Waals surface area contributed by atoms with E-state index in [1.165, 1.54) is 28.8 Å². The van der Waals surface area contributed by atoms with Crippen molar-refractivity contribution in [2.75, 3.05) is 12.3 Å². The smallest absolute Gasteiger partial charge is 0.239 e. The van der Waals surface area contributed by atoms with Gasteiger partial charge < -0.3 is 10.2 Å². The number of thioether (sulfide) groups is 1. The predicted molar refractivity (Wildman–Crippen MR) is 97.8 cm³/mol. The van der Waals surface area contributed by atoms with E-state index in [-0.39, 0.29) is 54.2 Å². The SMILES string of the molecule is O=C(CN(Cc1ccc(F)cc1)C(=O)[C@H]1CSC(=O)C1)NC1CCCC1. The Morgan fingerprint density at radius 3 is 2.50 bits per heavy atom. The maximum absolute atomic E-state index is 13.1. The lowest BCUT2D eigenvalue weighted by Crippen LogP contribution is -2.45. The van der Waals surface area contributed by atoms with E-state index in [4.69, 9.17) is 0 Å². The van der Waals surface area contributed by atoms with Crippen LogP contribution in [-0.4, -0.2) is 40.2 Å². The topological polar surface area (TPSA) is 66.5 Å². The molecule has 1 N–H and O–H groups in total. The summed E-state index contributed by atoms with van der Waals surface area (Å²) in [6, 6.07) is 6.09. The molecule has 1 aromatic rings. The van der Waals surface area contributed by atoms with Crippen LogP contribution in [0.4, 0.5) is 4.39 Å². The predicted octanol–water partition coefficient (Wildman–Crippen LogP) is 2.49. The van der Waals surface area contributed by atoms with Gasteiger partial charge in [0.25, 0.3) is 0 Å². The minimum atomic E-state index is -0.382. The number of halogens is 1. The molecule has 0 bridgehead atoms. The first-order chi connectivity index (χ1) is 12.5. The molecule has 3 rings (SSSR count). The number of rotatable bonds is 6. The Labute approximate surface area is 156 Å². The van der Waals surface area contributed by atoms with E-state index in [1.807, 2.05) is 0 Å². The summed E-state index contributed by atoms with van der Waals surface area (Å²) >= 11 is 1.17. The van der Waals surface area contributed by atoms with E-state index in [9.17, 15) is 18.8 Å². The first-order valence-corrected chi connectivity index (χ1v) is 9.98. The molecule has 5 nitrogen and oxygen atoms in total. The molecule has 2 fully saturated rings. The summed E-state index contributed by atoms with van der Waals surface area (Å²) in [5.41, 5.74) is 0.755. The van der Waals surface area contributed by atoms with Gasteiger partial charge in [0.1, 0.15) is 5.82 Å². The maximum atomic E-state index is 13.1. The van der Waals surface area contributed by atoms with E-state index in [0.29, 0.717) is 5.75 Å². The minimum absolute atomic E-state index is 0.0143. The summed E-state index contributed by atoms with van der Waals surface area (Å²) < 4.78 is 13.1. The zero-order valence-electron chi connectivity index (χ0n) is 14.6. The van der Waals surface area contributed by atoms with Crippen LogP contribution < -0.4 is 5.32 Å². The number of nitrogens with one attached hydrogen (secondary N) is 1. The highest BCUT2D eigenvalue weighted by molar-refractivity contribution is 8.14. The van der Waals surface area contributed by atoms with Crippen LogP contribution in [0.15, 0.2) is 24.3 Å². The molecular formula is C19H23FN2O3S. The lowest BCUT2D eigenvalue weighted by molar-refractivity contribution is -0.140. The van der Waals surface area contributed by atoms with Gasteiger partial charge in [-0.15, -0.1) is 0 Å².